The number of imide groups is 1. The van der Waals surface area contributed by atoms with E-state index < -0.39 is 0 Å². The maximum atomic E-state index is 12.7. The van der Waals surface area contributed by atoms with Crippen LogP contribution in [0.5, 0.6) is 0 Å². The molecule has 0 aliphatic carbocycles. The molecule has 166 valence electrons. The van der Waals surface area contributed by atoms with Gasteiger partial charge in [-0.15, -0.1) is 0 Å². The fourth-order valence-corrected chi connectivity index (χ4v) is 4.10. The van der Waals surface area contributed by atoms with Crippen molar-refractivity contribution >= 4 is 29.1 Å². The van der Waals surface area contributed by atoms with Gasteiger partial charge in [0.1, 0.15) is 0 Å². The highest BCUT2D eigenvalue weighted by atomic mass is 16.5. The molecule has 1 fully saturated rings. The van der Waals surface area contributed by atoms with Crippen LogP contribution in [0.4, 0.5) is 11.4 Å². The van der Waals surface area contributed by atoms with Gasteiger partial charge in [-0.3, -0.25) is 19.3 Å². The van der Waals surface area contributed by atoms with Crippen molar-refractivity contribution in [2.45, 2.75) is 6.54 Å². The van der Waals surface area contributed by atoms with Crippen molar-refractivity contribution in [1.29, 1.82) is 0 Å². The van der Waals surface area contributed by atoms with Crippen molar-refractivity contribution in [3.05, 3.63) is 95.1 Å². The van der Waals surface area contributed by atoms with E-state index in [0.717, 1.165) is 37.7 Å². The van der Waals surface area contributed by atoms with Crippen molar-refractivity contribution < 1.29 is 19.1 Å². The van der Waals surface area contributed by atoms with Crippen LogP contribution in [-0.2, 0) is 11.3 Å². The Morgan fingerprint density at radius 1 is 0.818 bits per heavy atom. The molecule has 2 heterocycles. The van der Waals surface area contributed by atoms with Crippen LogP contribution >= 0.6 is 0 Å². The van der Waals surface area contributed by atoms with E-state index in [-0.39, 0.29) is 17.7 Å². The zero-order chi connectivity index (χ0) is 22.8. The van der Waals surface area contributed by atoms with Gasteiger partial charge < -0.3 is 10.1 Å². The minimum absolute atomic E-state index is 0.259. The number of rotatable bonds is 5. The first-order valence-corrected chi connectivity index (χ1v) is 10.9. The van der Waals surface area contributed by atoms with Crippen molar-refractivity contribution in [2.24, 2.45) is 0 Å². The highest BCUT2D eigenvalue weighted by molar-refractivity contribution is 6.34. The largest absolute Gasteiger partial charge is 0.379 e. The molecule has 3 aromatic carbocycles. The van der Waals surface area contributed by atoms with Crippen molar-refractivity contribution in [2.75, 3.05) is 36.5 Å². The monoisotopic (exact) mass is 441 g/mol. The first-order valence-electron chi connectivity index (χ1n) is 10.9. The van der Waals surface area contributed by atoms with E-state index >= 15 is 0 Å². The Bertz CT molecular complexity index is 1160. The third-order valence-corrected chi connectivity index (χ3v) is 5.90. The fraction of sp³-hybridized carbons (Fsp3) is 0.192. The van der Waals surface area contributed by atoms with Crippen LogP contribution in [-0.4, -0.2) is 48.9 Å². The molecule has 2 aliphatic rings. The number of benzene rings is 3. The molecule has 0 radical (unpaired) electrons. The molecule has 2 aliphatic heterocycles. The molecule has 0 unspecified atom stereocenters. The summed E-state index contributed by atoms with van der Waals surface area (Å²) in [4.78, 5) is 41.4. The van der Waals surface area contributed by atoms with Gasteiger partial charge in [-0.25, -0.2) is 4.90 Å². The van der Waals surface area contributed by atoms with Gasteiger partial charge in [-0.05, 0) is 54.1 Å². The molecule has 5 rings (SSSR count). The van der Waals surface area contributed by atoms with Gasteiger partial charge in [0.05, 0.1) is 30.0 Å². The average molecular weight is 441 g/mol. The SMILES string of the molecule is O=C(Nc1ccc(CN2CCOCC2)cc1)c1ccc(N2C(=O)c3ccccc3C2=O)cc1. The zero-order valence-electron chi connectivity index (χ0n) is 18.0. The second-order valence-corrected chi connectivity index (χ2v) is 8.08. The lowest BCUT2D eigenvalue weighted by molar-refractivity contribution is 0.0342. The van der Waals surface area contributed by atoms with Crippen molar-refractivity contribution in [3.63, 3.8) is 0 Å². The third-order valence-electron chi connectivity index (χ3n) is 5.90. The molecule has 33 heavy (non-hydrogen) atoms. The number of ether oxygens (including phenoxy) is 1. The van der Waals surface area contributed by atoms with E-state index in [9.17, 15) is 14.4 Å². The van der Waals surface area contributed by atoms with Crippen LogP contribution in [0, 0.1) is 0 Å². The number of hydrogen-bond acceptors (Lipinski definition) is 5. The highest BCUT2D eigenvalue weighted by Crippen LogP contribution is 2.28. The minimum atomic E-state index is -0.357. The maximum Gasteiger partial charge on any atom is 0.266 e. The first kappa shape index (κ1) is 21.1. The lowest BCUT2D eigenvalue weighted by Crippen LogP contribution is -2.35. The number of hydrogen-bond donors (Lipinski definition) is 1. The number of fused-ring (bicyclic) bond motifs is 1. The van der Waals surface area contributed by atoms with Crippen molar-refractivity contribution in [1.82, 2.24) is 4.90 Å². The van der Waals surface area contributed by atoms with E-state index in [2.05, 4.69) is 10.2 Å². The Balaban J connectivity index is 1.23. The van der Waals surface area contributed by atoms with Gasteiger partial charge >= 0.3 is 0 Å². The normalized spacial score (nSPS) is 16.1. The summed E-state index contributed by atoms with van der Waals surface area (Å²) in [6, 6.07) is 21.0. The van der Waals surface area contributed by atoms with Crippen molar-refractivity contribution in [3.8, 4) is 0 Å². The molecular weight excluding hydrogens is 418 g/mol. The number of morpholine rings is 1. The number of anilines is 2. The van der Waals surface area contributed by atoms with Gasteiger partial charge in [0.25, 0.3) is 17.7 Å². The highest BCUT2D eigenvalue weighted by Gasteiger charge is 2.36. The summed E-state index contributed by atoms with van der Waals surface area (Å²) >= 11 is 0. The van der Waals surface area contributed by atoms with E-state index in [0.29, 0.717) is 28.1 Å². The lowest BCUT2D eigenvalue weighted by Gasteiger charge is -2.26. The summed E-state index contributed by atoms with van der Waals surface area (Å²) in [5, 5.41) is 2.89. The molecule has 0 atom stereocenters. The Labute approximate surface area is 191 Å². The minimum Gasteiger partial charge on any atom is -0.379 e. The summed E-state index contributed by atoms with van der Waals surface area (Å²) in [5.74, 6) is -0.972. The van der Waals surface area contributed by atoms with Gasteiger partial charge in [0, 0.05) is 30.9 Å². The summed E-state index contributed by atoms with van der Waals surface area (Å²) in [6.45, 7) is 4.24. The van der Waals surface area contributed by atoms with Crippen LogP contribution < -0.4 is 10.2 Å². The predicted molar refractivity (Wildman–Crippen MR) is 125 cm³/mol. The van der Waals surface area contributed by atoms with Gasteiger partial charge in [-0.2, -0.15) is 0 Å². The lowest BCUT2D eigenvalue weighted by atomic mass is 10.1. The number of carbonyl (C=O) groups is 3. The molecule has 3 aromatic rings. The Kier molecular flexibility index (Phi) is 5.73. The van der Waals surface area contributed by atoms with Gasteiger partial charge in [-0.1, -0.05) is 24.3 Å². The summed E-state index contributed by atoms with van der Waals surface area (Å²) < 4.78 is 5.38. The molecule has 7 heteroatoms. The second kappa shape index (κ2) is 8.97. The molecule has 1 saturated heterocycles. The van der Waals surface area contributed by atoms with Crippen LogP contribution in [0.25, 0.3) is 0 Å². The molecule has 0 aromatic heterocycles. The quantitative estimate of drug-likeness (QED) is 0.613. The van der Waals surface area contributed by atoms with Crippen LogP contribution in [0.15, 0.2) is 72.8 Å². The van der Waals surface area contributed by atoms with Crippen LogP contribution in [0.2, 0.25) is 0 Å². The Morgan fingerprint density at radius 3 is 2.03 bits per heavy atom. The molecule has 7 nitrogen and oxygen atoms in total. The first-order chi connectivity index (χ1) is 16.1. The van der Waals surface area contributed by atoms with E-state index in [4.69, 9.17) is 4.74 Å². The predicted octanol–water partition coefficient (Wildman–Crippen LogP) is 3.57. The topological polar surface area (TPSA) is 79.0 Å². The zero-order valence-corrected chi connectivity index (χ0v) is 18.0. The van der Waals surface area contributed by atoms with E-state index in [1.54, 1.807) is 48.5 Å². The fourth-order valence-electron chi connectivity index (χ4n) is 4.10. The number of carbonyl (C=O) groups excluding carboxylic acids is 3. The molecule has 0 bridgehead atoms. The average Bonchev–Trinajstić information content (AvgIpc) is 3.11. The summed E-state index contributed by atoms with van der Waals surface area (Å²) in [7, 11) is 0. The van der Waals surface area contributed by atoms with E-state index in [1.165, 1.54) is 5.56 Å². The Morgan fingerprint density at radius 2 is 1.42 bits per heavy atom. The van der Waals surface area contributed by atoms with Crippen LogP contribution in [0.3, 0.4) is 0 Å². The molecule has 1 N–H and O–H groups in total. The van der Waals surface area contributed by atoms with E-state index in [1.807, 2.05) is 24.3 Å². The standard InChI is InChI=1S/C26H23N3O4/c30-24(27-20-9-5-18(6-10-20)17-28-13-15-33-16-14-28)19-7-11-21(12-8-19)29-25(31)22-3-1-2-4-23(22)26(29)32/h1-12H,13-17H2,(H,27,30). The molecule has 0 spiro atoms. The number of nitrogens with one attached hydrogen (secondary N) is 1. The number of amides is 3. The summed E-state index contributed by atoms with van der Waals surface area (Å²) in [6.07, 6.45) is 0. The second-order valence-electron chi connectivity index (χ2n) is 8.08. The van der Waals surface area contributed by atoms with Gasteiger partial charge in [0.2, 0.25) is 0 Å². The third kappa shape index (κ3) is 4.28. The van der Waals surface area contributed by atoms with Crippen LogP contribution in [0.1, 0.15) is 36.6 Å². The maximum absolute atomic E-state index is 12.7. The summed E-state index contributed by atoms with van der Waals surface area (Å²) in [5.41, 5.74) is 3.54. The smallest absolute Gasteiger partial charge is 0.266 e. The Hall–Kier alpha value is -3.81. The molecule has 0 saturated carbocycles. The van der Waals surface area contributed by atoms with Gasteiger partial charge in [0.15, 0.2) is 0 Å². The molecule has 3 amide bonds. The molecular formula is C26H23N3O4. The number of nitrogens with zero attached hydrogens (tertiary/aromatic N) is 2.